The molecule has 56 valence electrons. The van der Waals surface area contributed by atoms with E-state index in [9.17, 15) is 4.79 Å². The molecule has 2 aliphatic rings. The topological polar surface area (TPSA) is 36.9 Å². The highest BCUT2D eigenvalue weighted by Crippen LogP contribution is 2.25. The molecule has 10 heavy (non-hydrogen) atoms. The van der Waals surface area contributed by atoms with Gasteiger partial charge >= 0.3 is 0 Å². The molecule has 0 bridgehead atoms. The molecule has 3 nitrogen and oxygen atoms in total. The van der Waals surface area contributed by atoms with E-state index in [0.29, 0.717) is 5.91 Å². The summed E-state index contributed by atoms with van der Waals surface area (Å²) in [6.07, 6.45) is 1.79. The lowest BCUT2D eigenvalue weighted by Gasteiger charge is -2.22. The summed E-state index contributed by atoms with van der Waals surface area (Å²) in [5.41, 5.74) is 0.136. The molecular formula is C7H13N2O+. The fourth-order valence-electron chi connectivity index (χ4n) is 2.01. The molecule has 2 fully saturated rings. The summed E-state index contributed by atoms with van der Waals surface area (Å²) in [5.74, 6) is 0.344. The number of carbonyl (C=O) groups excluding carboxylic acids is 1. The first kappa shape index (κ1) is 6.16. The standard InChI is InChI=1S/C7H12N2O/c1-7-3-2-6(10)9(7)5-4-8-7/h8H,2-5H2,1H3/p+1/t7-/m1/s1. The van der Waals surface area contributed by atoms with Gasteiger partial charge in [0.1, 0.15) is 0 Å². The lowest BCUT2D eigenvalue weighted by atomic mass is 10.1. The van der Waals surface area contributed by atoms with Crippen LogP contribution in [0.4, 0.5) is 0 Å². The maximum Gasteiger partial charge on any atom is 0.227 e. The van der Waals surface area contributed by atoms with Gasteiger partial charge in [-0.2, -0.15) is 0 Å². The van der Waals surface area contributed by atoms with Crippen LogP contribution in [0.25, 0.3) is 0 Å². The van der Waals surface area contributed by atoms with Crippen LogP contribution >= 0.6 is 0 Å². The largest absolute Gasteiger partial charge is 0.323 e. The lowest BCUT2D eigenvalue weighted by Crippen LogP contribution is -2.94. The summed E-state index contributed by atoms with van der Waals surface area (Å²) in [5, 5.41) is 2.28. The van der Waals surface area contributed by atoms with Gasteiger partial charge in [0.15, 0.2) is 5.66 Å². The summed E-state index contributed by atoms with van der Waals surface area (Å²) in [6.45, 7) is 4.20. The van der Waals surface area contributed by atoms with E-state index in [4.69, 9.17) is 0 Å². The number of quaternary nitrogens is 1. The number of amides is 1. The van der Waals surface area contributed by atoms with E-state index in [1.54, 1.807) is 0 Å². The van der Waals surface area contributed by atoms with Crippen LogP contribution in [0.15, 0.2) is 0 Å². The maximum absolute atomic E-state index is 11.2. The lowest BCUT2D eigenvalue weighted by molar-refractivity contribution is -0.713. The summed E-state index contributed by atoms with van der Waals surface area (Å²) in [4.78, 5) is 13.2. The zero-order chi connectivity index (χ0) is 7.19. The van der Waals surface area contributed by atoms with Crippen LogP contribution in [0.5, 0.6) is 0 Å². The number of hydrogen-bond acceptors (Lipinski definition) is 1. The van der Waals surface area contributed by atoms with Crippen molar-refractivity contribution in [3.63, 3.8) is 0 Å². The Bertz CT molecular complexity index is 180. The molecule has 2 rings (SSSR count). The van der Waals surface area contributed by atoms with Gasteiger partial charge in [-0.3, -0.25) is 9.69 Å². The average molecular weight is 141 g/mol. The fourth-order valence-corrected chi connectivity index (χ4v) is 2.01. The van der Waals surface area contributed by atoms with E-state index < -0.39 is 0 Å². The summed E-state index contributed by atoms with van der Waals surface area (Å²) in [6, 6.07) is 0. The van der Waals surface area contributed by atoms with Gasteiger partial charge in [-0.1, -0.05) is 0 Å². The molecule has 2 aliphatic heterocycles. The minimum Gasteiger partial charge on any atom is -0.323 e. The number of hydrogen-bond donors (Lipinski definition) is 1. The molecule has 3 heteroatoms. The molecule has 1 atom stereocenters. The van der Waals surface area contributed by atoms with Crippen LogP contribution in [-0.4, -0.2) is 29.6 Å². The quantitative estimate of drug-likeness (QED) is 0.457. The Morgan fingerprint density at radius 1 is 1.70 bits per heavy atom. The SMILES string of the molecule is C[C@]12CCC(=O)N1CC[NH2+]2. The predicted octanol–water partition coefficient (Wildman–Crippen LogP) is -1.10. The van der Waals surface area contributed by atoms with Gasteiger partial charge in [0.2, 0.25) is 5.91 Å². The molecular weight excluding hydrogens is 128 g/mol. The van der Waals surface area contributed by atoms with E-state index in [0.717, 1.165) is 25.9 Å². The smallest absolute Gasteiger partial charge is 0.227 e. The monoisotopic (exact) mass is 141 g/mol. The van der Waals surface area contributed by atoms with Crippen molar-refractivity contribution in [3.05, 3.63) is 0 Å². The van der Waals surface area contributed by atoms with Crippen LogP contribution < -0.4 is 5.32 Å². The van der Waals surface area contributed by atoms with Crippen molar-refractivity contribution < 1.29 is 10.1 Å². The van der Waals surface area contributed by atoms with Crippen molar-refractivity contribution in [2.75, 3.05) is 13.1 Å². The Balaban J connectivity index is 2.27. The third-order valence-corrected chi connectivity index (χ3v) is 2.70. The minimum atomic E-state index is 0.136. The number of rotatable bonds is 0. The van der Waals surface area contributed by atoms with Crippen LogP contribution in [0, 0.1) is 0 Å². The van der Waals surface area contributed by atoms with E-state index >= 15 is 0 Å². The molecule has 0 aromatic carbocycles. The van der Waals surface area contributed by atoms with Crippen molar-refractivity contribution in [2.45, 2.75) is 25.4 Å². The Hall–Kier alpha value is -0.570. The highest BCUT2D eigenvalue weighted by Gasteiger charge is 2.48. The van der Waals surface area contributed by atoms with E-state index in [1.807, 2.05) is 4.90 Å². The molecule has 0 radical (unpaired) electrons. The Morgan fingerprint density at radius 2 is 2.50 bits per heavy atom. The molecule has 2 saturated heterocycles. The Morgan fingerprint density at radius 3 is 3.20 bits per heavy atom. The zero-order valence-electron chi connectivity index (χ0n) is 6.26. The Kier molecular flexibility index (Phi) is 1.06. The van der Waals surface area contributed by atoms with Crippen molar-refractivity contribution in [1.29, 1.82) is 0 Å². The highest BCUT2D eigenvalue weighted by atomic mass is 16.2. The van der Waals surface area contributed by atoms with E-state index in [2.05, 4.69) is 12.2 Å². The maximum atomic E-state index is 11.2. The molecule has 2 heterocycles. The second-order valence-electron chi connectivity index (χ2n) is 3.40. The molecule has 0 unspecified atom stereocenters. The van der Waals surface area contributed by atoms with Gasteiger partial charge in [0.05, 0.1) is 13.1 Å². The van der Waals surface area contributed by atoms with Gasteiger partial charge in [-0.05, 0) is 0 Å². The number of nitrogens with two attached hydrogens (primary N) is 1. The molecule has 0 aliphatic carbocycles. The van der Waals surface area contributed by atoms with Crippen LogP contribution in [-0.2, 0) is 4.79 Å². The first-order chi connectivity index (χ1) is 4.72. The molecule has 0 spiro atoms. The second kappa shape index (κ2) is 1.72. The van der Waals surface area contributed by atoms with E-state index in [-0.39, 0.29) is 5.66 Å². The van der Waals surface area contributed by atoms with Gasteiger partial charge in [-0.25, -0.2) is 0 Å². The van der Waals surface area contributed by atoms with Gasteiger partial charge in [0, 0.05) is 19.8 Å². The predicted molar refractivity (Wildman–Crippen MR) is 36.1 cm³/mol. The summed E-state index contributed by atoms with van der Waals surface area (Å²) in [7, 11) is 0. The first-order valence-corrected chi connectivity index (χ1v) is 3.87. The minimum absolute atomic E-state index is 0.136. The van der Waals surface area contributed by atoms with Gasteiger partial charge in [0.25, 0.3) is 0 Å². The number of fused-ring (bicyclic) bond motifs is 1. The summed E-state index contributed by atoms with van der Waals surface area (Å²) < 4.78 is 0. The molecule has 1 amide bonds. The normalized spacial score (nSPS) is 38.9. The Labute approximate surface area is 60.4 Å². The zero-order valence-corrected chi connectivity index (χ0v) is 6.26. The molecule has 0 aromatic rings. The first-order valence-electron chi connectivity index (χ1n) is 3.87. The van der Waals surface area contributed by atoms with Gasteiger partial charge in [-0.15, -0.1) is 0 Å². The second-order valence-corrected chi connectivity index (χ2v) is 3.40. The fraction of sp³-hybridized carbons (Fsp3) is 0.857. The van der Waals surface area contributed by atoms with Crippen molar-refractivity contribution in [2.24, 2.45) is 0 Å². The third kappa shape index (κ3) is 0.611. The van der Waals surface area contributed by atoms with E-state index in [1.165, 1.54) is 0 Å². The molecule has 2 N–H and O–H groups in total. The van der Waals surface area contributed by atoms with Crippen molar-refractivity contribution in [3.8, 4) is 0 Å². The summed E-state index contributed by atoms with van der Waals surface area (Å²) >= 11 is 0. The number of carbonyl (C=O) groups is 1. The average Bonchev–Trinajstić information content (AvgIpc) is 2.35. The van der Waals surface area contributed by atoms with Crippen molar-refractivity contribution in [1.82, 2.24) is 4.90 Å². The van der Waals surface area contributed by atoms with Crippen LogP contribution in [0.1, 0.15) is 19.8 Å². The highest BCUT2D eigenvalue weighted by molar-refractivity contribution is 5.79. The molecule has 0 aromatic heterocycles. The number of nitrogens with zero attached hydrogens (tertiary/aromatic N) is 1. The van der Waals surface area contributed by atoms with Gasteiger partial charge < -0.3 is 5.32 Å². The third-order valence-electron chi connectivity index (χ3n) is 2.70. The van der Waals surface area contributed by atoms with Crippen molar-refractivity contribution >= 4 is 5.91 Å². The van der Waals surface area contributed by atoms with Crippen LogP contribution in [0.2, 0.25) is 0 Å². The molecule has 0 saturated carbocycles. The van der Waals surface area contributed by atoms with Crippen LogP contribution in [0.3, 0.4) is 0 Å².